The van der Waals surface area contributed by atoms with E-state index in [1.807, 2.05) is 18.2 Å². The maximum Gasteiger partial charge on any atom is 0.137 e. The Labute approximate surface area is 126 Å². The zero-order valence-electron chi connectivity index (χ0n) is 12.5. The van der Waals surface area contributed by atoms with Gasteiger partial charge in [0.05, 0.1) is 5.56 Å². The molecule has 0 bridgehead atoms. The Kier molecular flexibility index (Phi) is 4.74. The van der Waals surface area contributed by atoms with Gasteiger partial charge in [-0.05, 0) is 51.0 Å². The molecule has 3 rings (SSSR count). The molecular weight excluding hydrogens is 262 g/mol. The van der Waals surface area contributed by atoms with Gasteiger partial charge in [-0.3, -0.25) is 9.80 Å². The van der Waals surface area contributed by atoms with Crippen LogP contribution in [0.3, 0.4) is 0 Å². The van der Waals surface area contributed by atoms with Crippen LogP contribution in [0.25, 0.3) is 0 Å². The predicted octanol–water partition coefficient (Wildman–Crippen LogP) is 2.11. The van der Waals surface area contributed by atoms with Gasteiger partial charge in [-0.25, -0.2) is 0 Å². The smallest absolute Gasteiger partial charge is 0.137 e. The zero-order valence-corrected chi connectivity index (χ0v) is 12.5. The van der Waals surface area contributed by atoms with Crippen molar-refractivity contribution in [3.63, 3.8) is 0 Å². The van der Waals surface area contributed by atoms with Crippen molar-refractivity contribution >= 4 is 0 Å². The lowest BCUT2D eigenvalue weighted by Gasteiger charge is -2.23. The molecule has 0 N–H and O–H groups in total. The normalized spacial score (nSPS) is 23.3. The monoisotopic (exact) mass is 285 g/mol. The Bertz CT molecular complexity index is 505. The van der Waals surface area contributed by atoms with E-state index in [9.17, 15) is 0 Å². The Morgan fingerprint density at radius 1 is 1.19 bits per heavy atom. The van der Waals surface area contributed by atoms with Crippen molar-refractivity contribution in [2.45, 2.75) is 25.3 Å². The summed E-state index contributed by atoms with van der Waals surface area (Å²) in [6, 6.07) is 10.4. The van der Waals surface area contributed by atoms with Gasteiger partial charge in [0.1, 0.15) is 18.4 Å². The lowest BCUT2D eigenvalue weighted by atomic mass is 10.2. The van der Waals surface area contributed by atoms with E-state index in [-0.39, 0.29) is 0 Å². The summed E-state index contributed by atoms with van der Waals surface area (Å²) in [4.78, 5) is 5.13. The molecule has 0 radical (unpaired) electrons. The first-order valence-electron chi connectivity index (χ1n) is 7.95. The number of nitriles is 1. The van der Waals surface area contributed by atoms with Crippen molar-refractivity contribution in [2.24, 2.45) is 0 Å². The zero-order chi connectivity index (χ0) is 14.5. The van der Waals surface area contributed by atoms with E-state index in [0.29, 0.717) is 17.9 Å². The number of hydrogen-bond donors (Lipinski definition) is 0. The van der Waals surface area contributed by atoms with Gasteiger partial charge in [0.25, 0.3) is 0 Å². The number of likely N-dealkylation sites (tertiary alicyclic amines) is 2. The highest BCUT2D eigenvalue weighted by molar-refractivity contribution is 5.42. The lowest BCUT2D eigenvalue weighted by Crippen LogP contribution is -2.36. The van der Waals surface area contributed by atoms with Crippen LogP contribution < -0.4 is 4.74 Å². The third kappa shape index (κ3) is 3.55. The van der Waals surface area contributed by atoms with Crippen molar-refractivity contribution in [1.29, 1.82) is 5.26 Å². The molecule has 0 aromatic heterocycles. The fraction of sp³-hybridized carbons (Fsp3) is 0.588. The molecular formula is C17H23N3O. The molecule has 4 nitrogen and oxygen atoms in total. The minimum absolute atomic E-state index is 0.619. The number of rotatable bonds is 5. The van der Waals surface area contributed by atoms with Gasteiger partial charge < -0.3 is 4.74 Å². The van der Waals surface area contributed by atoms with Crippen LogP contribution in [0.2, 0.25) is 0 Å². The SMILES string of the molecule is N#Cc1ccccc1OCCN1CCC(N2CCCC2)C1. The van der Waals surface area contributed by atoms with E-state index >= 15 is 0 Å². The molecule has 112 valence electrons. The van der Waals surface area contributed by atoms with E-state index in [1.54, 1.807) is 6.07 Å². The van der Waals surface area contributed by atoms with Crippen molar-refractivity contribution < 1.29 is 4.74 Å². The number of benzene rings is 1. The highest BCUT2D eigenvalue weighted by Crippen LogP contribution is 2.20. The first-order valence-corrected chi connectivity index (χ1v) is 7.95. The summed E-state index contributed by atoms with van der Waals surface area (Å²) < 4.78 is 5.77. The average Bonchev–Trinajstić information content (AvgIpc) is 3.18. The molecule has 2 heterocycles. The summed E-state index contributed by atoms with van der Waals surface area (Å²) in [5, 5.41) is 9.04. The van der Waals surface area contributed by atoms with Crippen molar-refractivity contribution in [1.82, 2.24) is 9.80 Å². The van der Waals surface area contributed by atoms with Crippen molar-refractivity contribution in [3.8, 4) is 11.8 Å². The van der Waals surface area contributed by atoms with Crippen LogP contribution >= 0.6 is 0 Å². The van der Waals surface area contributed by atoms with Crippen LogP contribution in [0.5, 0.6) is 5.75 Å². The highest BCUT2D eigenvalue weighted by atomic mass is 16.5. The van der Waals surface area contributed by atoms with Crippen molar-refractivity contribution in [2.75, 3.05) is 39.3 Å². The van der Waals surface area contributed by atoms with E-state index in [0.717, 1.165) is 12.6 Å². The molecule has 0 amide bonds. The summed E-state index contributed by atoms with van der Waals surface area (Å²) in [7, 11) is 0. The van der Waals surface area contributed by atoms with Crippen LogP contribution in [-0.4, -0.2) is 55.2 Å². The lowest BCUT2D eigenvalue weighted by molar-refractivity contribution is 0.207. The van der Waals surface area contributed by atoms with E-state index in [2.05, 4.69) is 15.9 Å². The quantitative estimate of drug-likeness (QED) is 0.830. The summed E-state index contributed by atoms with van der Waals surface area (Å²) in [5.74, 6) is 0.704. The minimum atomic E-state index is 0.619. The Balaban J connectivity index is 1.43. The van der Waals surface area contributed by atoms with E-state index in [1.165, 1.54) is 45.4 Å². The predicted molar refractivity (Wildman–Crippen MR) is 82.3 cm³/mol. The van der Waals surface area contributed by atoms with Crippen LogP contribution in [-0.2, 0) is 0 Å². The molecule has 0 spiro atoms. The second-order valence-electron chi connectivity index (χ2n) is 5.94. The summed E-state index contributed by atoms with van der Waals surface area (Å²) in [5.41, 5.74) is 0.619. The average molecular weight is 285 g/mol. The summed E-state index contributed by atoms with van der Waals surface area (Å²) in [6.45, 7) is 6.51. The van der Waals surface area contributed by atoms with Crippen molar-refractivity contribution in [3.05, 3.63) is 29.8 Å². The van der Waals surface area contributed by atoms with Gasteiger partial charge in [-0.1, -0.05) is 12.1 Å². The molecule has 2 aliphatic rings. The molecule has 2 saturated heterocycles. The largest absolute Gasteiger partial charge is 0.491 e. The van der Waals surface area contributed by atoms with Crippen LogP contribution in [0.1, 0.15) is 24.8 Å². The van der Waals surface area contributed by atoms with Gasteiger partial charge in [-0.2, -0.15) is 5.26 Å². The molecule has 2 fully saturated rings. The summed E-state index contributed by atoms with van der Waals surface area (Å²) in [6.07, 6.45) is 4.02. The molecule has 1 unspecified atom stereocenters. The molecule has 21 heavy (non-hydrogen) atoms. The summed E-state index contributed by atoms with van der Waals surface area (Å²) >= 11 is 0. The third-order valence-electron chi connectivity index (χ3n) is 4.58. The third-order valence-corrected chi connectivity index (χ3v) is 4.58. The highest BCUT2D eigenvalue weighted by Gasteiger charge is 2.28. The van der Waals surface area contributed by atoms with E-state index < -0.39 is 0 Å². The molecule has 4 heteroatoms. The van der Waals surface area contributed by atoms with Gasteiger partial charge in [0.15, 0.2) is 0 Å². The Morgan fingerprint density at radius 3 is 2.81 bits per heavy atom. The fourth-order valence-electron chi connectivity index (χ4n) is 3.39. The number of nitrogens with zero attached hydrogens (tertiary/aromatic N) is 3. The first-order chi connectivity index (χ1) is 10.4. The standard InChI is InChI=1S/C17H23N3O/c18-13-15-5-1-2-6-17(15)21-12-11-19-10-7-16(14-19)20-8-3-4-9-20/h1-2,5-6,16H,3-4,7-12,14H2. The minimum Gasteiger partial charge on any atom is -0.491 e. The molecule has 0 aliphatic carbocycles. The molecule has 1 aromatic rings. The second-order valence-corrected chi connectivity index (χ2v) is 5.94. The molecule has 1 atom stereocenters. The number of para-hydroxylation sites is 1. The topological polar surface area (TPSA) is 39.5 Å². The second kappa shape index (κ2) is 6.93. The maximum absolute atomic E-state index is 9.04. The van der Waals surface area contributed by atoms with Gasteiger partial charge >= 0.3 is 0 Å². The van der Waals surface area contributed by atoms with Gasteiger partial charge in [0, 0.05) is 19.1 Å². The van der Waals surface area contributed by atoms with Crippen LogP contribution in [0.15, 0.2) is 24.3 Å². The van der Waals surface area contributed by atoms with Crippen LogP contribution in [0, 0.1) is 11.3 Å². The molecule has 2 aliphatic heterocycles. The number of hydrogen-bond acceptors (Lipinski definition) is 4. The maximum atomic E-state index is 9.04. The van der Waals surface area contributed by atoms with E-state index in [4.69, 9.17) is 10.00 Å². The van der Waals surface area contributed by atoms with Gasteiger partial charge in [0.2, 0.25) is 0 Å². The van der Waals surface area contributed by atoms with Gasteiger partial charge in [-0.15, -0.1) is 0 Å². The fourth-order valence-corrected chi connectivity index (χ4v) is 3.39. The van der Waals surface area contributed by atoms with Crippen LogP contribution in [0.4, 0.5) is 0 Å². The first kappa shape index (κ1) is 14.4. The number of ether oxygens (including phenoxy) is 1. The Hall–Kier alpha value is -1.57. The Morgan fingerprint density at radius 2 is 2.00 bits per heavy atom. The molecule has 0 saturated carbocycles. The molecule has 1 aromatic carbocycles.